The van der Waals surface area contributed by atoms with Gasteiger partial charge in [0.05, 0.1) is 24.6 Å². The molecule has 6 nitrogen and oxygen atoms in total. The Morgan fingerprint density at radius 1 is 1.13 bits per heavy atom. The number of nitrogens with zero attached hydrogens (tertiary/aromatic N) is 3. The lowest BCUT2D eigenvalue weighted by atomic mass is 9.43. The third kappa shape index (κ3) is 3.01. The molecule has 9 atom stereocenters. The summed E-state index contributed by atoms with van der Waals surface area (Å²) < 4.78 is 6.21. The van der Waals surface area contributed by atoms with E-state index in [0.717, 1.165) is 38.5 Å². The van der Waals surface area contributed by atoms with Gasteiger partial charge in [-0.3, -0.25) is 4.79 Å². The first-order valence-corrected chi connectivity index (χ1v) is 11.9. The third-order valence-electron chi connectivity index (χ3n) is 10.00. The quantitative estimate of drug-likeness (QED) is 0.814. The Labute approximate surface area is 179 Å². The van der Waals surface area contributed by atoms with E-state index >= 15 is 0 Å². The van der Waals surface area contributed by atoms with Gasteiger partial charge in [0.2, 0.25) is 0 Å². The number of aromatic nitrogens is 3. The summed E-state index contributed by atoms with van der Waals surface area (Å²) in [5, 5.41) is 18.6. The highest BCUT2D eigenvalue weighted by molar-refractivity contribution is 5.82. The van der Waals surface area contributed by atoms with E-state index in [1.807, 2.05) is 7.11 Å². The molecule has 0 radical (unpaired) electrons. The first kappa shape index (κ1) is 20.6. The molecule has 1 aromatic heterocycles. The minimum Gasteiger partial charge on any atom is -0.393 e. The number of hydrogen-bond donors (Lipinski definition) is 1. The van der Waals surface area contributed by atoms with Gasteiger partial charge in [-0.05, 0) is 85.9 Å². The molecule has 0 amide bonds. The van der Waals surface area contributed by atoms with Crippen LogP contribution in [0.1, 0.15) is 65.2 Å². The van der Waals surface area contributed by atoms with Crippen molar-refractivity contribution in [2.75, 3.05) is 7.11 Å². The van der Waals surface area contributed by atoms with E-state index in [4.69, 9.17) is 4.74 Å². The monoisotopic (exact) mass is 415 g/mol. The van der Waals surface area contributed by atoms with Gasteiger partial charge in [0.1, 0.15) is 6.54 Å². The summed E-state index contributed by atoms with van der Waals surface area (Å²) in [5.41, 5.74) is 0.259. The highest BCUT2D eigenvalue weighted by atomic mass is 16.5. The van der Waals surface area contributed by atoms with Gasteiger partial charge >= 0.3 is 0 Å². The Morgan fingerprint density at radius 2 is 1.90 bits per heavy atom. The molecule has 5 rings (SSSR count). The molecule has 166 valence electrons. The molecular weight excluding hydrogens is 378 g/mol. The molecule has 1 N–H and O–H groups in total. The highest BCUT2D eigenvalue weighted by Gasteiger charge is 2.64. The fourth-order valence-corrected chi connectivity index (χ4v) is 8.65. The first-order valence-electron chi connectivity index (χ1n) is 11.9. The van der Waals surface area contributed by atoms with Crippen molar-refractivity contribution in [2.24, 2.45) is 40.4 Å². The van der Waals surface area contributed by atoms with Crippen LogP contribution in [0.4, 0.5) is 0 Å². The number of rotatable bonds is 4. The van der Waals surface area contributed by atoms with Crippen LogP contribution in [0.15, 0.2) is 12.4 Å². The normalized spacial score (nSPS) is 47.9. The Morgan fingerprint density at radius 3 is 2.63 bits per heavy atom. The van der Waals surface area contributed by atoms with Crippen molar-refractivity contribution in [3.8, 4) is 0 Å². The van der Waals surface area contributed by atoms with E-state index in [1.54, 1.807) is 12.4 Å². The molecule has 4 aliphatic carbocycles. The van der Waals surface area contributed by atoms with E-state index in [1.165, 1.54) is 17.6 Å². The molecule has 0 aromatic carbocycles. The summed E-state index contributed by atoms with van der Waals surface area (Å²) in [4.78, 5) is 14.8. The molecular formula is C24H37N3O3. The van der Waals surface area contributed by atoms with Gasteiger partial charge in [0, 0.05) is 13.0 Å². The van der Waals surface area contributed by atoms with Gasteiger partial charge in [-0.25, -0.2) is 0 Å². The molecule has 0 bridgehead atoms. The van der Waals surface area contributed by atoms with Crippen LogP contribution < -0.4 is 0 Å². The Balaban J connectivity index is 1.43. The molecule has 0 unspecified atom stereocenters. The lowest BCUT2D eigenvalue weighted by Gasteiger charge is -2.62. The maximum atomic E-state index is 13.3. The number of carbonyl (C=O) groups is 1. The summed E-state index contributed by atoms with van der Waals surface area (Å²) in [6, 6.07) is 0. The predicted octanol–water partition coefficient (Wildman–Crippen LogP) is 3.49. The zero-order valence-electron chi connectivity index (χ0n) is 18.7. The van der Waals surface area contributed by atoms with Gasteiger partial charge in [-0.15, -0.1) is 0 Å². The summed E-state index contributed by atoms with van der Waals surface area (Å²) in [6.45, 7) is 5.13. The minimum atomic E-state index is -0.126. The van der Waals surface area contributed by atoms with E-state index in [0.29, 0.717) is 23.7 Å². The van der Waals surface area contributed by atoms with Crippen molar-refractivity contribution in [1.82, 2.24) is 15.0 Å². The molecule has 0 spiro atoms. The molecule has 0 saturated heterocycles. The minimum absolute atomic E-state index is 0.00343. The summed E-state index contributed by atoms with van der Waals surface area (Å²) >= 11 is 0. The Hall–Kier alpha value is -1.27. The molecule has 1 aromatic rings. The number of ketones is 1. The van der Waals surface area contributed by atoms with Crippen LogP contribution in [-0.2, 0) is 16.1 Å². The van der Waals surface area contributed by atoms with E-state index in [9.17, 15) is 9.90 Å². The number of hydrogen-bond acceptors (Lipinski definition) is 5. The lowest BCUT2D eigenvalue weighted by molar-refractivity contribution is -0.186. The zero-order valence-corrected chi connectivity index (χ0v) is 18.7. The summed E-state index contributed by atoms with van der Waals surface area (Å²) in [7, 11) is 1.87. The zero-order chi connectivity index (χ0) is 21.1. The molecule has 30 heavy (non-hydrogen) atoms. The predicted molar refractivity (Wildman–Crippen MR) is 112 cm³/mol. The average Bonchev–Trinajstić information content (AvgIpc) is 3.34. The maximum absolute atomic E-state index is 13.3. The molecule has 6 heteroatoms. The van der Waals surface area contributed by atoms with Crippen LogP contribution in [0.2, 0.25) is 0 Å². The molecule has 0 aliphatic heterocycles. The van der Waals surface area contributed by atoms with Crippen molar-refractivity contribution < 1.29 is 14.6 Å². The SMILES string of the molecule is CO[C@H]1C[C@]2(C)[C@@H](C(=O)Cn3nccn3)CC[C@H]2[C@@H]2CC[C@H]3C[C@H](O)CC[C@]3(C)[C@H]21. The van der Waals surface area contributed by atoms with Crippen LogP contribution in [0, 0.1) is 40.4 Å². The fraction of sp³-hybridized carbons (Fsp3) is 0.875. The van der Waals surface area contributed by atoms with Crippen molar-refractivity contribution in [3.63, 3.8) is 0 Å². The standard InChI is InChI=1S/C24H37N3O3/c1-23-9-8-16(28)12-15(23)4-5-17-18-6-7-19(20(29)14-27-25-10-11-26-27)24(18,2)13-21(30-3)22(17)23/h10-11,15-19,21-22,28H,4-9,12-14H2,1-3H3/t15-,16+,17-,18-,19+,21-,22+,23-,24-/m0/s1. The number of aliphatic hydroxyl groups excluding tert-OH is 1. The van der Waals surface area contributed by atoms with Gasteiger partial charge in [-0.2, -0.15) is 15.0 Å². The van der Waals surface area contributed by atoms with E-state index < -0.39 is 0 Å². The Kier molecular flexibility index (Phi) is 5.09. The number of carbonyl (C=O) groups excluding carboxylic acids is 1. The van der Waals surface area contributed by atoms with Crippen LogP contribution in [0.3, 0.4) is 0 Å². The van der Waals surface area contributed by atoms with Gasteiger partial charge in [0.25, 0.3) is 0 Å². The smallest absolute Gasteiger partial charge is 0.159 e. The second-order valence-electron chi connectivity index (χ2n) is 11.1. The average molecular weight is 416 g/mol. The van der Waals surface area contributed by atoms with E-state index in [-0.39, 0.29) is 41.3 Å². The van der Waals surface area contributed by atoms with Crippen LogP contribution in [0.5, 0.6) is 0 Å². The van der Waals surface area contributed by atoms with Gasteiger partial charge in [-0.1, -0.05) is 13.8 Å². The van der Waals surface area contributed by atoms with Crippen molar-refractivity contribution in [2.45, 2.75) is 84.0 Å². The molecule has 4 fully saturated rings. The number of fused-ring (bicyclic) bond motifs is 5. The number of methoxy groups -OCH3 is 1. The lowest BCUT2D eigenvalue weighted by Crippen LogP contribution is -2.59. The second kappa shape index (κ2) is 7.40. The molecule has 4 saturated carbocycles. The number of ether oxygens (including phenoxy) is 1. The van der Waals surface area contributed by atoms with E-state index in [2.05, 4.69) is 24.0 Å². The van der Waals surface area contributed by atoms with Crippen molar-refractivity contribution >= 4 is 5.78 Å². The van der Waals surface area contributed by atoms with Crippen LogP contribution in [0.25, 0.3) is 0 Å². The van der Waals surface area contributed by atoms with Crippen molar-refractivity contribution in [3.05, 3.63) is 12.4 Å². The number of aliphatic hydroxyl groups is 1. The number of Topliss-reactive ketones (excluding diaryl/α,β-unsaturated/α-hetero) is 1. The van der Waals surface area contributed by atoms with Gasteiger partial charge in [0.15, 0.2) is 5.78 Å². The van der Waals surface area contributed by atoms with Crippen LogP contribution in [-0.4, -0.2) is 45.2 Å². The summed E-state index contributed by atoms with van der Waals surface area (Å²) in [6.07, 6.45) is 11.9. The molecule has 1 heterocycles. The maximum Gasteiger partial charge on any atom is 0.159 e. The third-order valence-corrected chi connectivity index (χ3v) is 10.00. The topological polar surface area (TPSA) is 77.2 Å². The van der Waals surface area contributed by atoms with Crippen LogP contribution >= 0.6 is 0 Å². The Bertz CT molecular complexity index is 783. The summed E-state index contributed by atoms with van der Waals surface area (Å²) in [5.74, 6) is 2.74. The van der Waals surface area contributed by atoms with Gasteiger partial charge < -0.3 is 9.84 Å². The fourth-order valence-electron chi connectivity index (χ4n) is 8.65. The second-order valence-corrected chi connectivity index (χ2v) is 11.1. The largest absolute Gasteiger partial charge is 0.393 e. The molecule has 4 aliphatic rings. The first-order chi connectivity index (χ1) is 14.4. The van der Waals surface area contributed by atoms with Crippen molar-refractivity contribution in [1.29, 1.82) is 0 Å². The highest BCUT2D eigenvalue weighted by Crippen LogP contribution is 2.67.